The second-order valence-electron chi connectivity index (χ2n) is 8.58. The zero-order valence-electron chi connectivity index (χ0n) is 19.0. The van der Waals surface area contributed by atoms with E-state index in [-0.39, 0.29) is 11.8 Å². The van der Waals surface area contributed by atoms with E-state index in [0.29, 0.717) is 32.9 Å². The van der Waals surface area contributed by atoms with Gasteiger partial charge in [-0.1, -0.05) is 74.0 Å². The highest BCUT2D eigenvalue weighted by atomic mass is 35.5. The van der Waals surface area contributed by atoms with Crippen molar-refractivity contribution >= 4 is 39.0 Å². The van der Waals surface area contributed by atoms with Gasteiger partial charge < -0.3 is 15.2 Å². The minimum atomic E-state index is -0.547. The molecule has 3 aromatic carbocycles. The number of carbonyl (C=O) groups is 1. The Bertz CT molecular complexity index is 1530. The quantitative estimate of drug-likeness (QED) is 0.238. The first-order valence-corrected chi connectivity index (χ1v) is 12.3. The fraction of sp³-hybridized carbons (Fsp3) is 0.143. The fourth-order valence-corrected chi connectivity index (χ4v) is 5.60. The van der Waals surface area contributed by atoms with E-state index in [0.717, 1.165) is 21.2 Å². The number of fused-ring (bicyclic) bond motifs is 2. The molecular weight excluding hydrogens is 480 g/mol. The number of nitriles is 1. The number of allylic oxidation sites excluding steroid dienone is 1. The molecule has 4 aromatic rings. The summed E-state index contributed by atoms with van der Waals surface area (Å²) in [6.07, 6.45) is 0. The van der Waals surface area contributed by atoms with Crippen molar-refractivity contribution in [2.75, 3.05) is 0 Å². The Morgan fingerprint density at radius 2 is 1.89 bits per heavy atom. The first kappa shape index (κ1) is 23.0. The molecule has 0 aliphatic carbocycles. The van der Waals surface area contributed by atoms with Gasteiger partial charge in [0.15, 0.2) is 0 Å². The van der Waals surface area contributed by atoms with Crippen LogP contribution in [0.3, 0.4) is 0 Å². The van der Waals surface area contributed by atoms with Gasteiger partial charge in [-0.05, 0) is 29.2 Å². The third-order valence-electron chi connectivity index (χ3n) is 6.06. The molecular formula is C28H21ClN2O3S. The van der Waals surface area contributed by atoms with E-state index in [1.165, 1.54) is 16.9 Å². The van der Waals surface area contributed by atoms with Crippen LogP contribution in [0.2, 0.25) is 5.02 Å². The van der Waals surface area contributed by atoms with Crippen molar-refractivity contribution in [2.24, 2.45) is 5.73 Å². The van der Waals surface area contributed by atoms with Crippen LogP contribution in [0.15, 0.2) is 78.2 Å². The van der Waals surface area contributed by atoms with Gasteiger partial charge >= 0.3 is 5.97 Å². The van der Waals surface area contributed by atoms with Gasteiger partial charge in [-0.15, -0.1) is 11.3 Å². The lowest BCUT2D eigenvalue weighted by Gasteiger charge is -2.27. The highest BCUT2D eigenvalue weighted by molar-refractivity contribution is 7.21. The molecule has 35 heavy (non-hydrogen) atoms. The molecule has 174 valence electrons. The van der Waals surface area contributed by atoms with Crippen molar-refractivity contribution in [3.05, 3.63) is 105 Å². The minimum Gasteiger partial charge on any atom is -0.440 e. The number of benzene rings is 3. The maximum Gasteiger partial charge on any atom is 0.355 e. The maximum absolute atomic E-state index is 12.9. The summed E-state index contributed by atoms with van der Waals surface area (Å²) in [4.78, 5) is 13.2. The second-order valence-corrected chi connectivity index (χ2v) is 10.0. The average Bonchev–Trinajstić information content (AvgIpc) is 3.20. The SMILES string of the molecule is CC(C)c1ccc(C2C(C#N)=C(N)Oc3cc(OC(=O)c4sc5ccccc5c4Cl)ccc32)cc1. The number of hydrogen-bond donors (Lipinski definition) is 1. The monoisotopic (exact) mass is 500 g/mol. The van der Waals surface area contributed by atoms with Crippen molar-refractivity contribution in [2.45, 2.75) is 25.7 Å². The van der Waals surface area contributed by atoms with E-state index >= 15 is 0 Å². The molecule has 5 nitrogen and oxygen atoms in total. The summed E-state index contributed by atoms with van der Waals surface area (Å²) < 4.78 is 12.3. The number of thiophene rings is 1. The molecule has 2 N–H and O–H groups in total. The van der Waals surface area contributed by atoms with Gasteiger partial charge in [0.05, 0.1) is 10.9 Å². The fourth-order valence-electron chi connectivity index (χ4n) is 4.21. The first-order valence-electron chi connectivity index (χ1n) is 11.1. The van der Waals surface area contributed by atoms with Crippen molar-refractivity contribution in [3.63, 3.8) is 0 Å². The Balaban J connectivity index is 1.48. The van der Waals surface area contributed by atoms with Crippen molar-refractivity contribution in [1.82, 2.24) is 0 Å². The Hall–Kier alpha value is -3.79. The molecule has 0 saturated carbocycles. The van der Waals surface area contributed by atoms with Crippen LogP contribution < -0.4 is 15.2 Å². The summed E-state index contributed by atoms with van der Waals surface area (Å²) in [7, 11) is 0. The van der Waals surface area contributed by atoms with E-state index in [1.807, 2.05) is 36.4 Å². The topological polar surface area (TPSA) is 85.3 Å². The molecule has 1 unspecified atom stereocenters. The highest BCUT2D eigenvalue weighted by Crippen LogP contribution is 2.44. The standard InChI is InChI=1S/C28H21ClN2O3S/c1-15(2)16-7-9-17(10-8-16)24-19-12-11-18(13-22(19)34-27(31)21(24)14-30)33-28(32)26-25(29)20-5-3-4-6-23(20)35-26/h3-13,15,24H,31H2,1-2H3. The van der Waals surface area contributed by atoms with E-state index in [2.05, 4.69) is 32.0 Å². The van der Waals surface area contributed by atoms with Crippen molar-refractivity contribution in [3.8, 4) is 17.6 Å². The minimum absolute atomic E-state index is 0.0361. The molecule has 1 aliphatic rings. The molecule has 0 fully saturated rings. The van der Waals surface area contributed by atoms with Crippen LogP contribution in [0, 0.1) is 11.3 Å². The molecule has 7 heteroatoms. The Morgan fingerprint density at radius 3 is 2.57 bits per heavy atom. The van der Waals surface area contributed by atoms with Gasteiger partial charge in [-0.25, -0.2) is 4.79 Å². The van der Waals surface area contributed by atoms with Crippen LogP contribution in [0.5, 0.6) is 11.5 Å². The summed E-state index contributed by atoms with van der Waals surface area (Å²) >= 11 is 7.72. The van der Waals surface area contributed by atoms with Crippen LogP contribution in [-0.4, -0.2) is 5.97 Å². The number of esters is 1. The molecule has 5 rings (SSSR count). The van der Waals surface area contributed by atoms with Crippen molar-refractivity contribution < 1.29 is 14.3 Å². The summed E-state index contributed by atoms with van der Waals surface area (Å²) in [6.45, 7) is 4.26. The molecule has 0 spiro atoms. The largest absolute Gasteiger partial charge is 0.440 e. The van der Waals surface area contributed by atoms with Gasteiger partial charge in [-0.3, -0.25) is 0 Å². The number of halogens is 1. The first-order chi connectivity index (χ1) is 16.9. The number of nitrogens with zero attached hydrogens (tertiary/aromatic N) is 1. The van der Waals surface area contributed by atoms with Crippen LogP contribution >= 0.6 is 22.9 Å². The molecule has 2 heterocycles. The van der Waals surface area contributed by atoms with Crippen LogP contribution in [0.25, 0.3) is 10.1 Å². The van der Waals surface area contributed by atoms with Crippen LogP contribution in [-0.2, 0) is 0 Å². The van der Waals surface area contributed by atoms with Gasteiger partial charge in [0.1, 0.15) is 28.0 Å². The highest BCUT2D eigenvalue weighted by Gasteiger charge is 2.31. The lowest BCUT2D eigenvalue weighted by Crippen LogP contribution is -2.21. The Kier molecular flexibility index (Phi) is 5.98. The van der Waals surface area contributed by atoms with Crippen LogP contribution in [0.4, 0.5) is 0 Å². The number of carbonyl (C=O) groups excluding carboxylic acids is 1. The molecule has 0 bridgehead atoms. The zero-order valence-corrected chi connectivity index (χ0v) is 20.6. The van der Waals surface area contributed by atoms with Crippen LogP contribution in [0.1, 0.15) is 52.0 Å². The third-order valence-corrected chi connectivity index (χ3v) is 7.71. The third kappa shape index (κ3) is 4.14. The number of rotatable bonds is 4. The van der Waals surface area contributed by atoms with E-state index in [1.54, 1.807) is 18.2 Å². The van der Waals surface area contributed by atoms with E-state index < -0.39 is 5.97 Å². The van der Waals surface area contributed by atoms with Gasteiger partial charge in [0, 0.05) is 21.7 Å². The zero-order chi connectivity index (χ0) is 24.7. The average molecular weight is 501 g/mol. The Labute approximate surface area is 212 Å². The predicted molar refractivity (Wildman–Crippen MR) is 138 cm³/mol. The second kappa shape index (κ2) is 9.10. The van der Waals surface area contributed by atoms with Gasteiger partial charge in [0.2, 0.25) is 5.88 Å². The normalized spacial score (nSPS) is 15.0. The van der Waals surface area contributed by atoms with Gasteiger partial charge in [-0.2, -0.15) is 5.26 Å². The molecule has 0 saturated heterocycles. The van der Waals surface area contributed by atoms with Gasteiger partial charge in [0.25, 0.3) is 0 Å². The number of hydrogen-bond acceptors (Lipinski definition) is 6. The summed E-state index contributed by atoms with van der Waals surface area (Å²) in [5.74, 6) is 0.236. The molecule has 1 atom stereocenters. The molecule has 0 radical (unpaired) electrons. The maximum atomic E-state index is 12.9. The summed E-state index contributed by atoms with van der Waals surface area (Å²) in [5.41, 5.74) is 9.38. The number of nitrogens with two attached hydrogens (primary N) is 1. The molecule has 1 aliphatic heterocycles. The lowest BCUT2D eigenvalue weighted by molar-refractivity contribution is 0.0740. The van der Waals surface area contributed by atoms with E-state index in [9.17, 15) is 10.1 Å². The smallest absolute Gasteiger partial charge is 0.355 e. The molecule has 0 amide bonds. The van der Waals surface area contributed by atoms with Crippen molar-refractivity contribution in [1.29, 1.82) is 5.26 Å². The summed E-state index contributed by atoms with van der Waals surface area (Å²) in [6, 6.07) is 23.0. The Morgan fingerprint density at radius 1 is 1.14 bits per heavy atom. The predicted octanol–water partition coefficient (Wildman–Crippen LogP) is 7.12. The van der Waals surface area contributed by atoms with E-state index in [4.69, 9.17) is 26.8 Å². The summed E-state index contributed by atoms with van der Waals surface area (Å²) in [5, 5.41) is 11.0. The number of ether oxygens (including phenoxy) is 2. The molecule has 1 aromatic heterocycles. The lowest BCUT2D eigenvalue weighted by atomic mass is 9.83.